The molecule has 0 aliphatic rings. The van der Waals surface area contributed by atoms with Crippen molar-refractivity contribution in [3.05, 3.63) is 70.0 Å². The summed E-state index contributed by atoms with van der Waals surface area (Å²) in [7, 11) is -3.82. The van der Waals surface area contributed by atoms with Gasteiger partial charge in [-0.3, -0.25) is 9.59 Å². The maximum absolute atomic E-state index is 12.3. The predicted octanol–water partition coefficient (Wildman–Crippen LogP) is 2.00. The molecule has 4 N–H and O–H groups in total. The maximum Gasteiger partial charge on any atom is 0.270 e. The van der Waals surface area contributed by atoms with Crippen molar-refractivity contribution < 1.29 is 13.2 Å². The molecule has 0 fully saturated rings. The fourth-order valence-electron chi connectivity index (χ4n) is 2.60. The molecule has 1 heterocycles. The van der Waals surface area contributed by atoms with Gasteiger partial charge in [0.05, 0.1) is 16.3 Å². The first kappa shape index (κ1) is 22.2. The van der Waals surface area contributed by atoms with Crippen molar-refractivity contribution in [2.45, 2.75) is 17.0 Å². The second kappa shape index (κ2) is 9.13. The van der Waals surface area contributed by atoms with Gasteiger partial charge in [0.15, 0.2) is 5.16 Å². The molecule has 158 valence electrons. The highest BCUT2D eigenvalue weighted by Crippen LogP contribution is 2.22. The lowest BCUT2D eigenvalue weighted by Crippen LogP contribution is -2.17. The lowest BCUT2D eigenvalue weighted by atomic mass is 10.1. The number of sulfonamides is 1. The molecule has 9 nitrogen and oxygen atoms in total. The Bertz CT molecular complexity index is 1330. The van der Waals surface area contributed by atoms with Crippen molar-refractivity contribution in [1.29, 1.82) is 5.26 Å². The first-order valence-corrected chi connectivity index (χ1v) is 11.4. The number of nitrogens with zero attached hydrogens (tertiary/aromatic N) is 2. The summed E-state index contributed by atoms with van der Waals surface area (Å²) in [6.07, 6.45) is 0. The zero-order chi connectivity index (χ0) is 22.6. The van der Waals surface area contributed by atoms with E-state index in [9.17, 15) is 23.3 Å². The van der Waals surface area contributed by atoms with Gasteiger partial charge >= 0.3 is 0 Å². The Labute approximate surface area is 182 Å². The van der Waals surface area contributed by atoms with Crippen LogP contribution in [0.1, 0.15) is 11.1 Å². The third-order valence-corrected chi connectivity index (χ3v) is 5.94. The number of hydrogen-bond donors (Lipinski definition) is 3. The molecule has 0 spiro atoms. The number of benzene rings is 2. The van der Waals surface area contributed by atoms with E-state index >= 15 is 0 Å². The summed E-state index contributed by atoms with van der Waals surface area (Å²) < 4.78 is 22.6. The van der Waals surface area contributed by atoms with E-state index in [2.05, 4.69) is 15.3 Å². The molecule has 1 aromatic heterocycles. The Kier molecular flexibility index (Phi) is 6.55. The minimum atomic E-state index is -3.82. The van der Waals surface area contributed by atoms with E-state index in [1.54, 1.807) is 12.1 Å². The monoisotopic (exact) mass is 455 g/mol. The third-order valence-electron chi connectivity index (χ3n) is 4.14. The summed E-state index contributed by atoms with van der Waals surface area (Å²) in [4.78, 5) is 31.3. The molecule has 0 saturated heterocycles. The number of anilines is 1. The summed E-state index contributed by atoms with van der Waals surface area (Å²) in [6, 6.07) is 14.5. The number of amides is 1. The van der Waals surface area contributed by atoms with Gasteiger partial charge in [-0.15, -0.1) is 0 Å². The molecule has 0 bridgehead atoms. The normalized spacial score (nSPS) is 11.0. The molecule has 0 saturated carbocycles. The van der Waals surface area contributed by atoms with Crippen molar-refractivity contribution >= 4 is 33.4 Å². The Hall–Kier alpha value is -3.46. The van der Waals surface area contributed by atoms with Gasteiger partial charge in [0.2, 0.25) is 15.9 Å². The predicted molar refractivity (Wildman–Crippen MR) is 117 cm³/mol. The first-order valence-electron chi connectivity index (χ1n) is 8.84. The number of aromatic amines is 1. The van der Waals surface area contributed by atoms with Gasteiger partial charge < -0.3 is 10.3 Å². The van der Waals surface area contributed by atoms with Crippen LogP contribution in [-0.2, 0) is 14.8 Å². The lowest BCUT2D eigenvalue weighted by Gasteiger charge is -2.08. The molecule has 1 amide bonds. The van der Waals surface area contributed by atoms with Crippen LogP contribution in [0.5, 0.6) is 0 Å². The standard InChI is InChI=1S/C20H17N5O4S2/c1-12-2-4-13(5-3-12)18-16(10-21)19(27)25-20(24-18)30-11-17(26)23-14-6-8-15(9-7-14)31(22,28)29/h2-9H,11H2,1H3,(H,23,26)(H2,22,28,29)(H,24,25,27). The summed E-state index contributed by atoms with van der Waals surface area (Å²) in [5.74, 6) is -0.462. The molecule has 3 rings (SSSR count). The van der Waals surface area contributed by atoms with Gasteiger partial charge in [-0.25, -0.2) is 18.5 Å². The topological polar surface area (TPSA) is 159 Å². The molecule has 2 aromatic carbocycles. The SMILES string of the molecule is Cc1ccc(-c2nc(SCC(=O)Nc3ccc(S(N)(=O)=O)cc3)[nH]c(=O)c2C#N)cc1. The summed E-state index contributed by atoms with van der Waals surface area (Å²) in [6.45, 7) is 1.92. The van der Waals surface area contributed by atoms with Gasteiger partial charge in [0.25, 0.3) is 5.56 Å². The molecule has 0 unspecified atom stereocenters. The number of aromatic nitrogens is 2. The highest BCUT2D eigenvalue weighted by atomic mass is 32.2. The average Bonchev–Trinajstić information content (AvgIpc) is 2.72. The minimum Gasteiger partial charge on any atom is -0.325 e. The highest BCUT2D eigenvalue weighted by Gasteiger charge is 2.15. The van der Waals surface area contributed by atoms with Gasteiger partial charge in [-0.1, -0.05) is 41.6 Å². The van der Waals surface area contributed by atoms with E-state index in [0.29, 0.717) is 11.3 Å². The molecular formula is C20H17N5O4S2. The second-order valence-electron chi connectivity index (χ2n) is 6.48. The lowest BCUT2D eigenvalue weighted by molar-refractivity contribution is -0.113. The van der Waals surface area contributed by atoms with Crippen LogP contribution in [0.4, 0.5) is 5.69 Å². The van der Waals surface area contributed by atoms with Crippen LogP contribution in [0.3, 0.4) is 0 Å². The van der Waals surface area contributed by atoms with Crippen molar-refractivity contribution in [2.24, 2.45) is 5.14 Å². The van der Waals surface area contributed by atoms with Gasteiger partial charge in [-0.05, 0) is 31.2 Å². The Balaban J connectivity index is 1.74. The Morgan fingerprint density at radius 2 is 1.84 bits per heavy atom. The van der Waals surface area contributed by atoms with Crippen LogP contribution < -0.4 is 16.0 Å². The summed E-state index contributed by atoms with van der Waals surface area (Å²) in [5.41, 5.74) is 1.58. The van der Waals surface area contributed by atoms with Crippen molar-refractivity contribution in [2.75, 3.05) is 11.1 Å². The molecule has 0 aliphatic carbocycles. The second-order valence-corrected chi connectivity index (χ2v) is 9.00. The van der Waals surface area contributed by atoms with E-state index in [4.69, 9.17) is 5.14 Å². The molecule has 31 heavy (non-hydrogen) atoms. The van der Waals surface area contributed by atoms with Gasteiger partial charge in [0, 0.05) is 11.3 Å². The number of nitriles is 1. The van der Waals surface area contributed by atoms with Crippen molar-refractivity contribution in [1.82, 2.24) is 9.97 Å². The summed E-state index contributed by atoms with van der Waals surface area (Å²) in [5, 5.41) is 17.2. The van der Waals surface area contributed by atoms with Crippen LogP contribution in [0.2, 0.25) is 0 Å². The molecule has 0 radical (unpaired) electrons. The molecule has 11 heteroatoms. The number of aryl methyl sites for hydroxylation is 1. The van der Waals surface area contributed by atoms with Gasteiger partial charge in [-0.2, -0.15) is 5.26 Å². The van der Waals surface area contributed by atoms with Crippen molar-refractivity contribution in [3.8, 4) is 17.3 Å². The van der Waals surface area contributed by atoms with E-state index in [1.165, 1.54) is 24.3 Å². The zero-order valence-corrected chi connectivity index (χ0v) is 17.9. The number of nitrogens with one attached hydrogen (secondary N) is 2. The largest absolute Gasteiger partial charge is 0.325 e. The maximum atomic E-state index is 12.3. The van der Waals surface area contributed by atoms with Gasteiger partial charge in [0.1, 0.15) is 11.6 Å². The molecule has 0 aliphatic heterocycles. The van der Waals surface area contributed by atoms with Crippen LogP contribution in [0, 0.1) is 18.3 Å². The summed E-state index contributed by atoms with van der Waals surface area (Å²) >= 11 is 0.997. The van der Waals surface area contributed by atoms with E-state index in [-0.39, 0.29) is 27.1 Å². The van der Waals surface area contributed by atoms with Crippen LogP contribution in [0.25, 0.3) is 11.3 Å². The van der Waals surface area contributed by atoms with Crippen LogP contribution in [0.15, 0.2) is 63.4 Å². The first-order chi connectivity index (χ1) is 14.7. The number of rotatable bonds is 6. The number of carbonyl (C=O) groups excluding carboxylic acids is 1. The third kappa shape index (κ3) is 5.58. The number of carbonyl (C=O) groups is 1. The Morgan fingerprint density at radius 1 is 1.19 bits per heavy atom. The van der Waals surface area contributed by atoms with E-state index in [0.717, 1.165) is 17.3 Å². The minimum absolute atomic E-state index is 0.0668. The number of nitrogens with two attached hydrogens (primary N) is 1. The smallest absolute Gasteiger partial charge is 0.270 e. The van der Waals surface area contributed by atoms with E-state index < -0.39 is 21.5 Å². The molecule has 3 aromatic rings. The van der Waals surface area contributed by atoms with Crippen LogP contribution >= 0.6 is 11.8 Å². The quantitative estimate of drug-likeness (QED) is 0.378. The fraction of sp³-hybridized carbons (Fsp3) is 0.100. The fourth-order valence-corrected chi connectivity index (χ4v) is 3.78. The molecule has 0 atom stereocenters. The van der Waals surface area contributed by atoms with E-state index in [1.807, 2.05) is 25.1 Å². The van der Waals surface area contributed by atoms with Crippen molar-refractivity contribution in [3.63, 3.8) is 0 Å². The highest BCUT2D eigenvalue weighted by molar-refractivity contribution is 7.99. The molecular weight excluding hydrogens is 438 g/mol. The van der Waals surface area contributed by atoms with Crippen LogP contribution in [-0.4, -0.2) is 30.0 Å². The Morgan fingerprint density at radius 3 is 2.42 bits per heavy atom. The number of H-pyrrole nitrogens is 1. The number of hydrogen-bond acceptors (Lipinski definition) is 7. The number of thioether (sulfide) groups is 1. The average molecular weight is 456 g/mol. The number of primary sulfonamides is 1. The zero-order valence-electron chi connectivity index (χ0n) is 16.2.